The van der Waals surface area contributed by atoms with E-state index in [0.717, 1.165) is 35.9 Å². The number of rotatable bonds is 1. The van der Waals surface area contributed by atoms with E-state index < -0.39 is 6.10 Å². The molecule has 2 heterocycles. The first-order valence-electron chi connectivity index (χ1n) is 8.32. The van der Waals surface area contributed by atoms with Crippen LogP contribution in [0.25, 0.3) is 0 Å². The van der Waals surface area contributed by atoms with Crippen molar-refractivity contribution in [3.63, 3.8) is 0 Å². The van der Waals surface area contributed by atoms with Crippen LogP contribution in [-0.2, 0) is 14.3 Å². The molecule has 3 aliphatic carbocycles. The predicted octanol–water partition coefficient (Wildman–Crippen LogP) is 2.46. The molecule has 0 aromatic heterocycles. The summed E-state index contributed by atoms with van der Waals surface area (Å²) >= 11 is 6.63. The minimum Gasteiger partial charge on any atom is -0.493 e. The van der Waals surface area contributed by atoms with Gasteiger partial charge in [0.1, 0.15) is 5.76 Å². The average molecular weight is 334 g/mol. The number of piperidine rings is 1. The van der Waals surface area contributed by atoms with E-state index in [1.54, 1.807) is 13.2 Å². The van der Waals surface area contributed by atoms with Crippen molar-refractivity contribution in [3.8, 4) is 0 Å². The van der Waals surface area contributed by atoms with Gasteiger partial charge in [-0.3, -0.25) is 4.79 Å². The van der Waals surface area contributed by atoms with Gasteiger partial charge < -0.3 is 14.4 Å². The summed E-state index contributed by atoms with van der Waals surface area (Å²) in [6, 6.07) is 0.376. The zero-order valence-electron chi connectivity index (χ0n) is 13.3. The van der Waals surface area contributed by atoms with E-state index in [0.29, 0.717) is 12.0 Å². The summed E-state index contributed by atoms with van der Waals surface area (Å²) in [5.74, 6) is 2.48. The Morgan fingerprint density at radius 1 is 1.43 bits per heavy atom. The second-order valence-electron chi connectivity index (χ2n) is 7.49. The molecule has 2 saturated heterocycles. The van der Waals surface area contributed by atoms with Gasteiger partial charge in [0.2, 0.25) is 0 Å². The van der Waals surface area contributed by atoms with Crippen molar-refractivity contribution < 1.29 is 14.3 Å². The molecule has 5 aliphatic rings. The van der Waals surface area contributed by atoms with E-state index in [1.165, 1.54) is 0 Å². The molecule has 0 aromatic rings. The van der Waals surface area contributed by atoms with Crippen LogP contribution in [0.5, 0.6) is 0 Å². The van der Waals surface area contributed by atoms with Crippen molar-refractivity contribution >= 4 is 17.4 Å². The number of carbonyl (C=O) groups is 1. The van der Waals surface area contributed by atoms with Crippen molar-refractivity contribution in [1.82, 2.24) is 4.90 Å². The summed E-state index contributed by atoms with van der Waals surface area (Å²) in [6.07, 6.45) is 7.47. The molecule has 2 unspecified atom stereocenters. The van der Waals surface area contributed by atoms with E-state index >= 15 is 0 Å². The van der Waals surface area contributed by atoms with Gasteiger partial charge in [-0.1, -0.05) is 17.7 Å². The van der Waals surface area contributed by atoms with Crippen molar-refractivity contribution in [3.05, 3.63) is 34.8 Å². The summed E-state index contributed by atoms with van der Waals surface area (Å²) in [7, 11) is 3.84. The number of allylic oxidation sites excluding steroid dienone is 3. The Kier molecular flexibility index (Phi) is 2.71. The number of hydrogen-bond donors (Lipinski definition) is 0. The highest BCUT2D eigenvalue weighted by Crippen LogP contribution is 2.68. The molecule has 3 fully saturated rings. The molecule has 0 N–H and O–H groups in total. The largest absolute Gasteiger partial charge is 0.493 e. The highest BCUT2D eigenvalue weighted by atomic mass is 35.5. The smallest absolute Gasteiger partial charge is 0.197 e. The van der Waals surface area contributed by atoms with Crippen LogP contribution in [0.15, 0.2) is 34.8 Å². The van der Waals surface area contributed by atoms with Crippen LogP contribution in [0.4, 0.5) is 0 Å². The minimum absolute atomic E-state index is 0.0209. The molecule has 2 bridgehead atoms. The molecule has 0 radical (unpaired) electrons. The molecule has 2 aliphatic heterocycles. The maximum atomic E-state index is 12.7. The van der Waals surface area contributed by atoms with Crippen molar-refractivity contribution in [1.29, 1.82) is 0 Å². The van der Waals surface area contributed by atoms with Crippen LogP contribution in [0.2, 0.25) is 0 Å². The molecule has 4 nitrogen and oxygen atoms in total. The van der Waals surface area contributed by atoms with Gasteiger partial charge in [-0.15, -0.1) is 0 Å². The van der Waals surface area contributed by atoms with Crippen molar-refractivity contribution in [2.75, 3.05) is 20.7 Å². The topological polar surface area (TPSA) is 38.8 Å². The van der Waals surface area contributed by atoms with E-state index in [1.807, 2.05) is 6.08 Å². The van der Waals surface area contributed by atoms with Gasteiger partial charge >= 0.3 is 0 Å². The van der Waals surface area contributed by atoms with Crippen LogP contribution in [0.3, 0.4) is 0 Å². The zero-order chi connectivity index (χ0) is 15.9. The molecular formula is C18H20ClNO3. The second kappa shape index (κ2) is 4.42. The number of likely N-dealkylation sites (tertiary alicyclic amines) is 1. The van der Waals surface area contributed by atoms with E-state index in [4.69, 9.17) is 21.1 Å². The molecule has 0 amide bonds. The Balaban J connectivity index is 1.76. The van der Waals surface area contributed by atoms with E-state index in [-0.39, 0.29) is 23.0 Å². The molecule has 5 heteroatoms. The standard InChI is InChI=1S/C18H20ClNO3/c1-20-6-5-18-14-9-3-4-13(22-2)16(14)23-17(18)12(21)8-10(19)15(18)11(20)7-9/h3-4,8-9,11,14-15,17H,5-7H2,1-2H3/t9?,11-,14?,15+,17+,18-/m1/s1. The van der Waals surface area contributed by atoms with Crippen molar-refractivity contribution in [2.24, 2.45) is 23.2 Å². The van der Waals surface area contributed by atoms with Gasteiger partial charge in [-0.25, -0.2) is 0 Å². The first-order valence-corrected chi connectivity index (χ1v) is 8.70. The van der Waals surface area contributed by atoms with Crippen LogP contribution in [-0.4, -0.2) is 43.5 Å². The van der Waals surface area contributed by atoms with Gasteiger partial charge in [0.15, 0.2) is 17.6 Å². The molecule has 122 valence electrons. The molecule has 6 atom stereocenters. The van der Waals surface area contributed by atoms with Crippen LogP contribution in [0.1, 0.15) is 12.8 Å². The number of ether oxygens (including phenoxy) is 2. The lowest BCUT2D eigenvalue weighted by atomic mass is 9.48. The quantitative estimate of drug-likeness (QED) is 0.739. The minimum atomic E-state index is -0.404. The molecule has 23 heavy (non-hydrogen) atoms. The van der Waals surface area contributed by atoms with Gasteiger partial charge in [0, 0.05) is 28.3 Å². The van der Waals surface area contributed by atoms with Gasteiger partial charge in [-0.2, -0.15) is 0 Å². The summed E-state index contributed by atoms with van der Waals surface area (Å²) in [5.41, 5.74) is -0.202. The Morgan fingerprint density at radius 2 is 2.26 bits per heavy atom. The molecule has 1 spiro atoms. The van der Waals surface area contributed by atoms with Crippen molar-refractivity contribution in [2.45, 2.75) is 25.0 Å². The Hall–Kier alpha value is -1.26. The van der Waals surface area contributed by atoms with Gasteiger partial charge in [0.05, 0.1) is 7.11 Å². The van der Waals surface area contributed by atoms with Crippen LogP contribution in [0, 0.1) is 23.2 Å². The summed E-state index contributed by atoms with van der Waals surface area (Å²) < 4.78 is 11.8. The average Bonchev–Trinajstić information content (AvgIpc) is 2.88. The number of halogens is 1. The maximum absolute atomic E-state index is 12.7. The van der Waals surface area contributed by atoms with Gasteiger partial charge in [0.25, 0.3) is 0 Å². The van der Waals surface area contributed by atoms with E-state index in [2.05, 4.69) is 18.0 Å². The Bertz CT molecular complexity index is 696. The zero-order valence-corrected chi connectivity index (χ0v) is 14.0. The van der Waals surface area contributed by atoms with Crippen LogP contribution < -0.4 is 0 Å². The van der Waals surface area contributed by atoms with Crippen LogP contribution >= 0.6 is 11.6 Å². The third-order valence-electron chi connectivity index (χ3n) is 6.76. The number of nitrogens with zero attached hydrogens (tertiary/aromatic N) is 1. The molecule has 1 saturated carbocycles. The summed E-state index contributed by atoms with van der Waals surface area (Å²) in [5, 5.41) is 0.722. The van der Waals surface area contributed by atoms with Gasteiger partial charge in [-0.05, 0) is 44.5 Å². The number of hydrogen-bond acceptors (Lipinski definition) is 4. The first-order chi connectivity index (χ1) is 11.1. The lowest BCUT2D eigenvalue weighted by Crippen LogP contribution is -2.65. The molecular weight excluding hydrogens is 314 g/mol. The number of carbonyl (C=O) groups excluding carboxylic acids is 1. The molecule has 0 aromatic carbocycles. The monoisotopic (exact) mass is 333 g/mol. The fourth-order valence-corrected chi connectivity index (χ4v) is 6.37. The fraction of sp³-hybridized carbons (Fsp3) is 0.611. The predicted molar refractivity (Wildman–Crippen MR) is 85.5 cm³/mol. The molecule has 5 rings (SSSR count). The summed E-state index contributed by atoms with van der Waals surface area (Å²) in [4.78, 5) is 15.1. The normalized spacial score (nSPS) is 47.2. The lowest BCUT2D eigenvalue weighted by molar-refractivity contribution is -0.141. The number of methoxy groups -OCH3 is 1. The fourth-order valence-electron chi connectivity index (χ4n) is 5.92. The highest BCUT2D eigenvalue weighted by Gasteiger charge is 2.71. The second-order valence-corrected chi connectivity index (χ2v) is 7.92. The Morgan fingerprint density at radius 3 is 3.04 bits per heavy atom. The third-order valence-corrected chi connectivity index (χ3v) is 7.10. The lowest BCUT2D eigenvalue weighted by Gasteiger charge is -2.59. The Labute approximate surface area is 140 Å². The first kappa shape index (κ1) is 14.1. The SMILES string of the molecule is COC1=C2O[C@H]3C(=O)C=C(Cl)[C@H]4[C@H]5CC(C=C1)C2[C@@]34CCN5C. The summed E-state index contributed by atoms with van der Waals surface area (Å²) in [6.45, 7) is 0.987. The van der Waals surface area contributed by atoms with E-state index in [9.17, 15) is 4.79 Å². The number of ketones is 1. The maximum Gasteiger partial charge on any atom is 0.197 e. The third kappa shape index (κ3) is 1.50. The highest BCUT2D eigenvalue weighted by molar-refractivity contribution is 6.32.